The van der Waals surface area contributed by atoms with E-state index in [1.807, 2.05) is 4.90 Å². The Labute approximate surface area is 121 Å². The molecule has 2 aliphatic rings. The van der Waals surface area contributed by atoms with Crippen molar-refractivity contribution >= 4 is 11.9 Å². The van der Waals surface area contributed by atoms with Crippen molar-refractivity contribution < 1.29 is 14.7 Å². The molecule has 1 saturated carbocycles. The van der Waals surface area contributed by atoms with Gasteiger partial charge in [-0.25, -0.2) is 0 Å². The molecule has 0 aromatic heterocycles. The number of hydrogen-bond acceptors (Lipinski definition) is 2. The average Bonchev–Trinajstić information content (AvgIpc) is 2.81. The summed E-state index contributed by atoms with van der Waals surface area (Å²) < 4.78 is 0. The van der Waals surface area contributed by atoms with E-state index in [0.29, 0.717) is 12.3 Å². The lowest BCUT2D eigenvalue weighted by molar-refractivity contribution is -0.149. The Morgan fingerprint density at radius 2 is 1.75 bits per heavy atom. The molecule has 0 bridgehead atoms. The van der Waals surface area contributed by atoms with Gasteiger partial charge in [0, 0.05) is 13.1 Å². The molecule has 3 atom stereocenters. The van der Waals surface area contributed by atoms with Gasteiger partial charge in [-0.3, -0.25) is 9.59 Å². The molecule has 1 aliphatic carbocycles. The Morgan fingerprint density at radius 3 is 2.30 bits per heavy atom. The van der Waals surface area contributed by atoms with Crippen LogP contribution in [0.2, 0.25) is 0 Å². The Kier molecular flexibility index (Phi) is 5.06. The van der Waals surface area contributed by atoms with E-state index in [2.05, 4.69) is 13.8 Å². The largest absolute Gasteiger partial charge is 0.481 e. The first kappa shape index (κ1) is 15.3. The molecule has 1 heterocycles. The first-order chi connectivity index (χ1) is 9.52. The number of carbonyl (C=O) groups excluding carboxylic acids is 1. The molecule has 4 nitrogen and oxygen atoms in total. The molecule has 20 heavy (non-hydrogen) atoms. The van der Waals surface area contributed by atoms with Gasteiger partial charge in [0.2, 0.25) is 5.91 Å². The maximum Gasteiger partial charge on any atom is 0.307 e. The van der Waals surface area contributed by atoms with Crippen molar-refractivity contribution in [3.8, 4) is 0 Å². The third kappa shape index (κ3) is 3.33. The SMILES string of the molecule is CCCC1CCN(C(=O)C2CC(C)CC2C(=O)O)CC1. The minimum absolute atomic E-state index is 0.0942. The van der Waals surface area contributed by atoms with Gasteiger partial charge in [0.05, 0.1) is 11.8 Å². The third-order valence-corrected chi connectivity index (χ3v) is 5.06. The molecular formula is C16H27NO3. The number of aliphatic carboxylic acids is 1. The van der Waals surface area contributed by atoms with Crippen LogP contribution in [-0.4, -0.2) is 35.0 Å². The van der Waals surface area contributed by atoms with Crippen LogP contribution in [0, 0.1) is 23.7 Å². The second-order valence-electron chi connectivity index (χ2n) is 6.69. The average molecular weight is 281 g/mol. The number of carboxylic acid groups (broad SMARTS) is 1. The zero-order valence-corrected chi connectivity index (χ0v) is 12.7. The highest BCUT2D eigenvalue weighted by Gasteiger charge is 2.43. The van der Waals surface area contributed by atoms with Crippen LogP contribution in [0.5, 0.6) is 0 Å². The van der Waals surface area contributed by atoms with Gasteiger partial charge in [-0.05, 0) is 37.5 Å². The number of carboxylic acids is 1. The number of likely N-dealkylation sites (tertiary alicyclic amines) is 1. The van der Waals surface area contributed by atoms with Crippen LogP contribution in [-0.2, 0) is 9.59 Å². The first-order valence-corrected chi connectivity index (χ1v) is 8.04. The van der Waals surface area contributed by atoms with Crippen LogP contribution in [0.4, 0.5) is 0 Å². The van der Waals surface area contributed by atoms with Crippen molar-refractivity contribution in [1.29, 1.82) is 0 Å². The van der Waals surface area contributed by atoms with Gasteiger partial charge in [0.25, 0.3) is 0 Å². The summed E-state index contributed by atoms with van der Waals surface area (Å²) >= 11 is 0. The van der Waals surface area contributed by atoms with Crippen LogP contribution in [0.25, 0.3) is 0 Å². The van der Waals surface area contributed by atoms with E-state index in [9.17, 15) is 14.7 Å². The van der Waals surface area contributed by atoms with Crippen LogP contribution in [0.3, 0.4) is 0 Å². The number of nitrogens with zero attached hydrogens (tertiary/aromatic N) is 1. The molecule has 3 unspecified atom stereocenters. The van der Waals surface area contributed by atoms with Gasteiger partial charge in [-0.2, -0.15) is 0 Å². The van der Waals surface area contributed by atoms with E-state index in [0.717, 1.165) is 38.3 Å². The number of rotatable bonds is 4. The molecule has 114 valence electrons. The number of piperidine rings is 1. The molecule has 4 heteroatoms. The number of carbonyl (C=O) groups is 2. The summed E-state index contributed by atoms with van der Waals surface area (Å²) in [5, 5.41) is 9.29. The minimum atomic E-state index is -0.798. The van der Waals surface area contributed by atoms with Gasteiger partial charge < -0.3 is 10.0 Å². The topological polar surface area (TPSA) is 57.6 Å². The highest BCUT2D eigenvalue weighted by Crippen LogP contribution is 2.38. The number of amides is 1. The van der Waals surface area contributed by atoms with Crippen molar-refractivity contribution in [3.05, 3.63) is 0 Å². The fourth-order valence-electron chi connectivity index (χ4n) is 3.92. The predicted molar refractivity (Wildman–Crippen MR) is 77.2 cm³/mol. The number of hydrogen-bond donors (Lipinski definition) is 1. The fraction of sp³-hybridized carbons (Fsp3) is 0.875. The molecule has 2 fully saturated rings. The van der Waals surface area contributed by atoms with Crippen molar-refractivity contribution in [2.24, 2.45) is 23.7 Å². The van der Waals surface area contributed by atoms with Crippen molar-refractivity contribution in [3.63, 3.8) is 0 Å². The van der Waals surface area contributed by atoms with Crippen LogP contribution >= 0.6 is 0 Å². The molecular weight excluding hydrogens is 254 g/mol. The lowest BCUT2D eigenvalue weighted by Gasteiger charge is -2.34. The fourth-order valence-corrected chi connectivity index (χ4v) is 3.92. The Morgan fingerprint density at radius 1 is 1.15 bits per heavy atom. The zero-order valence-electron chi connectivity index (χ0n) is 12.7. The molecule has 1 aliphatic heterocycles. The Bertz CT molecular complexity index is 361. The predicted octanol–water partition coefficient (Wildman–Crippen LogP) is 2.77. The molecule has 1 amide bonds. The van der Waals surface area contributed by atoms with E-state index in [1.54, 1.807) is 0 Å². The highest BCUT2D eigenvalue weighted by molar-refractivity contribution is 5.85. The molecule has 1 saturated heterocycles. The molecule has 0 aromatic carbocycles. The van der Waals surface area contributed by atoms with Crippen molar-refractivity contribution in [2.75, 3.05) is 13.1 Å². The van der Waals surface area contributed by atoms with Gasteiger partial charge in [0.15, 0.2) is 0 Å². The molecule has 2 rings (SSSR count). The molecule has 0 spiro atoms. The smallest absolute Gasteiger partial charge is 0.307 e. The molecule has 0 aromatic rings. The minimum Gasteiger partial charge on any atom is -0.481 e. The quantitative estimate of drug-likeness (QED) is 0.862. The second kappa shape index (κ2) is 6.59. The van der Waals surface area contributed by atoms with Gasteiger partial charge >= 0.3 is 5.97 Å². The van der Waals surface area contributed by atoms with E-state index in [4.69, 9.17) is 0 Å². The van der Waals surface area contributed by atoms with E-state index >= 15 is 0 Å². The first-order valence-electron chi connectivity index (χ1n) is 8.04. The summed E-state index contributed by atoms with van der Waals surface area (Å²) in [5.74, 6) is -0.356. The summed E-state index contributed by atoms with van der Waals surface area (Å²) in [4.78, 5) is 25.8. The third-order valence-electron chi connectivity index (χ3n) is 5.06. The van der Waals surface area contributed by atoms with Crippen molar-refractivity contribution in [1.82, 2.24) is 4.90 Å². The summed E-state index contributed by atoms with van der Waals surface area (Å²) in [5.41, 5.74) is 0. The lowest BCUT2D eigenvalue weighted by Crippen LogP contribution is -2.43. The zero-order chi connectivity index (χ0) is 14.7. The van der Waals surface area contributed by atoms with Gasteiger partial charge in [-0.1, -0.05) is 26.7 Å². The summed E-state index contributed by atoms with van der Waals surface area (Å²) in [6.07, 6.45) is 6.02. The van der Waals surface area contributed by atoms with Crippen LogP contribution in [0.1, 0.15) is 52.4 Å². The van der Waals surface area contributed by atoms with Gasteiger partial charge in [0.1, 0.15) is 0 Å². The van der Waals surface area contributed by atoms with Gasteiger partial charge in [-0.15, -0.1) is 0 Å². The monoisotopic (exact) mass is 281 g/mol. The van der Waals surface area contributed by atoms with Crippen LogP contribution in [0.15, 0.2) is 0 Å². The summed E-state index contributed by atoms with van der Waals surface area (Å²) in [7, 11) is 0. The molecule has 0 radical (unpaired) electrons. The van der Waals surface area contributed by atoms with Crippen LogP contribution < -0.4 is 0 Å². The van der Waals surface area contributed by atoms with Crippen molar-refractivity contribution in [2.45, 2.75) is 52.4 Å². The highest BCUT2D eigenvalue weighted by atomic mass is 16.4. The molecule has 1 N–H and O–H groups in total. The van der Waals surface area contributed by atoms with E-state index in [-0.39, 0.29) is 11.8 Å². The Balaban J connectivity index is 1.93. The normalized spacial score (nSPS) is 31.5. The Hall–Kier alpha value is -1.06. The van der Waals surface area contributed by atoms with E-state index < -0.39 is 11.9 Å². The lowest BCUT2D eigenvalue weighted by atomic mass is 9.90. The maximum absolute atomic E-state index is 12.6. The van der Waals surface area contributed by atoms with E-state index in [1.165, 1.54) is 12.8 Å². The summed E-state index contributed by atoms with van der Waals surface area (Å²) in [6, 6.07) is 0. The second-order valence-corrected chi connectivity index (χ2v) is 6.69. The maximum atomic E-state index is 12.6. The summed E-state index contributed by atoms with van der Waals surface area (Å²) in [6.45, 7) is 5.90. The standard InChI is InChI=1S/C16H27NO3/c1-3-4-12-5-7-17(8-6-12)15(18)13-9-11(2)10-14(13)16(19)20/h11-14H,3-10H2,1-2H3,(H,19,20).